The van der Waals surface area contributed by atoms with Gasteiger partial charge in [0.25, 0.3) is 0 Å². The molecule has 0 aromatic heterocycles. The van der Waals surface area contributed by atoms with Crippen molar-refractivity contribution in [3.63, 3.8) is 0 Å². The third-order valence-electron chi connectivity index (χ3n) is 4.97. The standard InChI is InChI=1S/C20H34N4O/c1-5-24(6-2)15-19-10-8-7-9-18(19)13-22-20(21-3)23(4)14-17-11-12-25-16-17/h7-10,17H,5-6,11-16H2,1-4H3,(H,21,22). The Bertz CT molecular complexity index is 536. The number of guanidine groups is 1. The SMILES string of the molecule is CCN(CC)Cc1ccccc1CNC(=NC)N(C)CC1CCOC1. The van der Waals surface area contributed by atoms with E-state index in [2.05, 4.69) is 65.3 Å². The third kappa shape index (κ3) is 6.01. The van der Waals surface area contributed by atoms with Gasteiger partial charge in [0.15, 0.2) is 5.96 Å². The number of nitrogens with one attached hydrogen (secondary N) is 1. The Morgan fingerprint density at radius 2 is 1.96 bits per heavy atom. The fraction of sp³-hybridized carbons (Fsp3) is 0.650. The van der Waals surface area contributed by atoms with E-state index in [9.17, 15) is 0 Å². The summed E-state index contributed by atoms with van der Waals surface area (Å²) in [4.78, 5) is 9.11. The molecular formula is C20H34N4O. The van der Waals surface area contributed by atoms with Gasteiger partial charge in [0, 0.05) is 46.3 Å². The molecule has 0 aliphatic carbocycles. The molecule has 0 bridgehead atoms. The van der Waals surface area contributed by atoms with Crippen molar-refractivity contribution < 1.29 is 4.74 Å². The average molecular weight is 347 g/mol. The fourth-order valence-corrected chi connectivity index (χ4v) is 3.33. The lowest BCUT2D eigenvalue weighted by molar-refractivity contribution is 0.181. The van der Waals surface area contributed by atoms with Gasteiger partial charge >= 0.3 is 0 Å². The van der Waals surface area contributed by atoms with Crippen molar-refractivity contribution >= 4 is 5.96 Å². The Morgan fingerprint density at radius 1 is 1.24 bits per heavy atom. The summed E-state index contributed by atoms with van der Waals surface area (Å²) in [6, 6.07) is 8.69. The van der Waals surface area contributed by atoms with Crippen LogP contribution in [0.1, 0.15) is 31.4 Å². The van der Waals surface area contributed by atoms with Crippen molar-refractivity contribution in [1.82, 2.24) is 15.1 Å². The minimum absolute atomic E-state index is 0.610. The zero-order valence-corrected chi connectivity index (χ0v) is 16.3. The first-order valence-corrected chi connectivity index (χ1v) is 9.46. The lowest BCUT2D eigenvalue weighted by atomic mass is 10.1. The van der Waals surface area contributed by atoms with E-state index >= 15 is 0 Å². The summed E-state index contributed by atoms with van der Waals surface area (Å²) >= 11 is 0. The van der Waals surface area contributed by atoms with E-state index in [1.807, 2.05) is 7.05 Å². The zero-order chi connectivity index (χ0) is 18.1. The van der Waals surface area contributed by atoms with Gasteiger partial charge in [-0.05, 0) is 30.6 Å². The van der Waals surface area contributed by atoms with Gasteiger partial charge in [0.1, 0.15) is 0 Å². The second kappa shape index (κ2) is 10.4. The molecule has 1 unspecified atom stereocenters. The normalized spacial score (nSPS) is 18.0. The molecule has 5 heteroatoms. The summed E-state index contributed by atoms with van der Waals surface area (Å²) in [5, 5.41) is 3.53. The Kier molecular flexibility index (Phi) is 8.22. The first-order valence-electron chi connectivity index (χ1n) is 9.46. The largest absolute Gasteiger partial charge is 0.381 e. The molecule has 1 saturated heterocycles. The van der Waals surface area contributed by atoms with Crippen LogP contribution in [0.2, 0.25) is 0 Å². The monoisotopic (exact) mass is 346 g/mol. The summed E-state index contributed by atoms with van der Waals surface area (Å²) < 4.78 is 5.48. The Morgan fingerprint density at radius 3 is 2.56 bits per heavy atom. The van der Waals surface area contributed by atoms with Crippen molar-refractivity contribution in [2.24, 2.45) is 10.9 Å². The molecule has 1 fully saturated rings. The van der Waals surface area contributed by atoms with Crippen molar-refractivity contribution in [3.05, 3.63) is 35.4 Å². The summed E-state index contributed by atoms with van der Waals surface area (Å²) in [6.45, 7) is 11.1. The van der Waals surface area contributed by atoms with E-state index in [0.717, 1.165) is 58.3 Å². The number of nitrogens with zero attached hydrogens (tertiary/aromatic N) is 3. The van der Waals surface area contributed by atoms with Crippen molar-refractivity contribution in [1.29, 1.82) is 0 Å². The Labute approximate surface area is 153 Å². The maximum atomic E-state index is 5.48. The zero-order valence-electron chi connectivity index (χ0n) is 16.3. The van der Waals surface area contributed by atoms with Gasteiger partial charge in [-0.3, -0.25) is 9.89 Å². The molecule has 0 spiro atoms. The molecule has 0 radical (unpaired) electrons. The Hall–Kier alpha value is -1.59. The highest BCUT2D eigenvalue weighted by molar-refractivity contribution is 5.79. The third-order valence-corrected chi connectivity index (χ3v) is 4.97. The van der Waals surface area contributed by atoms with E-state index < -0.39 is 0 Å². The summed E-state index contributed by atoms with van der Waals surface area (Å²) in [6.07, 6.45) is 1.15. The number of rotatable bonds is 8. The predicted molar refractivity (Wildman–Crippen MR) is 105 cm³/mol. The fourth-order valence-electron chi connectivity index (χ4n) is 3.33. The highest BCUT2D eigenvalue weighted by atomic mass is 16.5. The lowest BCUT2D eigenvalue weighted by Crippen LogP contribution is -2.41. The van der Waals surface area contributed by atoms with Crippen LogP contribution in [0.3, 0.4) is 0 Å². The van der Waals surface area contributed by atoms with Gasteiger partial charge in [-0.2, -0.15) is 0 Å². The van der Waals surface area contributed by atoms with Crippen molar-refractivity contribution in [3.8, 4) is 0 Å². The molecule has 1 aromatic carbocycles. The number of aliphatic imine (C=N–C) groups is 1. The van der Waals surface area contributed by atoms with E-state index in [0.29, 0.717) is 5.92 Å². The van der Waals surface area contributed by atoms with Crippen LogP contribution in [0.25, 0.3) is 0 Å². The molecule has 1 atom stereocenters. The maximum absolute atomic E-state index is 5.48. The van der Waals surface area contributed by atoms with Crippen LogP contribution in [0, 0.1) is 5.92 Å². The number of hydrogen-bond acceptors (Lipinski definition) is 3. The molecule has 0 amide bonds. The van der Waals surface area contributed by atoms with Crippen LogP contribution in [-0.4, -0.2) is 62.7 Å². The highest BCUT2D eigenvalue weighted by Crippen LogP contribution is 2.14. The number of hydrogen-bond donors (Lipinski definition) is 1. The quantitative estimate of drug-likeness (QED) is 0.580. The molecule has 1 aliphatic heterocycles. The van der Waals surface area contributed by atoms with Crippen molar-refractivity contribution in [2.45, 2.75) is 33.4 Å². The number of ether oxygens (including phenoxy) is 1. The minimum atomic E-state index is 0.610. The van der Waals surface area contributed by atoms with Gasteiger partial charge in [-0.15, -0.1) is 0 Å². The van der Waals surface area contributed by atoms with Crippen LogP contribution in [0.4, 0.5) is 0 Å². The van der Waals surface area contributed by atoms with Gasteiger partial charge < -0.3 is 15.0 Å². The van der Waals surface area contributed by atoms with E-state index in [1.165, 1.54) is 11.1 Å². The van der Waals surface area contributed by atoms with Crippen LogP contribution < -0.4 is 5.32 Å². The van der Waals surface area contributed by atoms with Gasteiger partial charge in [0.2, 0.25) is 0 Å². The van der Waals surface area contributed by atoms with Crippen molar-refractivity contribution in [2.75, 3.05) is 46.9 Å². The summed E-state index contributed by atoms with van der Waals surface area (Å²) in [5.74, 6) is 1.56. The van der Waals surface area contributed by atoms with Crippen LogP contribution in [0.15, 0.2) is 29.3 Å². The van der Waals surface area contributed by atoms with Crippen LogP contribution in [0.5, 0.6) is 0 Å². The topological polar surface area (TPSA) is 40.1 Å². The van der Waals surface area contributed by atoms with E-state index in [-0.39, 0.29) is 0 Å². The first kappa shape index (κ1) is 19.7. The van der Waals surface area contributed by atoms with Gasteiger partial charge in [-0.25, -0.2) is 0 Å². The molecule has 2 rings (SSSR count). The molecule has 1 aliphatic rings. The molecule has 0 saturated carbocycles. The van der Waals surface area contributed by atoms with Gasteiger partial charge in [0.05, 0.1) is 6.61 Å². The molecule has 25 heavy (non-hydrogen) atoms. The molecule has 5 nitrogen and oxygen atoms in total. The molecule has 1 N–H and O–H groups in total. The first-order chi connectivity index (χ1) is 12.2. The summed E-state index contributed by atoms with van der Waals surface area (Å²) in [7, 11) is 3.96. The second-order valence-electron chi connectivity index (χ2n) is 6.74. The van der Waals surface area contributed by atoms with Gasteiger partial charge in [-0.1, -0.05) is 38.1 Å². The summed E-state index contributed by atoms with van der Waals surface area (Å²) in [5.41, 5.74) is 2.73. The molecule has 1 heterocycles. The van der Waals surface area contributed by atoms with Crippen LogP contribution >= 0.6 is 0 Å². The minimum Gasteiger partial charge on any atom is -0.381 e. The molecular weight excluding hydrogens is 312 g/mol. The number of benzene rings is 1. The Balaban J connectivity index is 1.94. The van der Waals surface area contributed by atoms with E-state index in [1.54, 1.807) is 0 Å². The molecule has 1 aromatic rings. The van der Waals surface area contributed by atoms with Crippen LogP contribution in [-0.2, 0) is 17.8 Å². The highest BCUT2D eigenvalue weighted by Gasteiger charge is 2.19. The second-order valence-corrected chi connectivity index (χ2v) is 6.74. The maximum Gasteiger partial charge on any atom is 0.193 e. The lowest BCUT2D eigenvalue weighted by Gasteiger charge is -2.25. The van der Waals surface area contributed by atoms with E-state index in [4.69, 9.17) is 4.74 Å². The smallest absolute Gasteiger partial charge is 0.193 e. The molecule has 140 valence electrons. The predicted octanol–water partition coefficient (Wildman–Crippen LogP) is 2.57. The average Bonchev–Trinajstić information content (AvgIpc) is 3.14.